The van der Waals surface area contributed by atoms with Gasteiger partial charge in [0.25, 0.3) is 11.8 Å². The van der Waals surface area contributed by atoms with E-state index in [1.807, 2.05) is 57.4 Å². The van der Waals surface area contributed by atoms with Crippen molar-refractivity contribution in [1.82, 2.24) is 4.90 Å². The lowest BCUT2D eigenvalue weighted by molar-refractivity contribution is 0.0979. The number of carbonyl (C=O) groups is 2. The molecule has 3 aromatic rings. The van der Waals surface area contributed by atoms with Gasteiger partial charge in [0.2, 0.25) is 0 Å². The topological polar surface area (TPSA) is 61.9 Å². The third-order valence-corrected chi connectivity index (χ3v) is 6.54. The van der Waals surface area contributed by atoms with E-state index in [-0.39, 0.29) is 22.9 Å². The number of carbonyl (C=O) groups excluding carboxylic acids is 2. The average Bonchev–Trinajstić information content (AvgIpc) is 2.82. The molecule has 6 nitrogen and oxygen atoms in total. The minimum absolute atomic E-state index is 0.187. The summed E-state index contributed by atoms with van der Waals surface area (Å²) in [5, 5.41) is 3.15. The molecule has 0 saturated carbocycles. The maximum Gasteiger partial charge on any atom is 0.259 e. The number of hydrogen-bond donors (Lipinski definition) is 1. The van der Waals surface area contributed by atoms with Crippen LogP contribution >= 0.6 is 11.6 Å². The van der Waals surface area contributed by atoms with E-state index in [0.29, 0.717) is 29.1 Å². The number of ether oxygens (including phenoxy) is 1. The number of halogens is 1. The molecule has 3 aromatic carbocycles. The number of hydrogen-bond acceptors (Lipinski definition) is 4. The molecule has 0 fully saturated rings. The zero-order chi connectivity index (χ0) is 24.4. The lowest BCUT2D eigenvalue weighted by Crippen LogP contribution is -2.39. The molecule has 1 heterocycles. The van der Waals surface area contributed by atoms with Crippen LogP contribution in [0.4, 0.5) is 11.4 Å². The molecular formula is C27H28ClN3O3. The Kier molecular flexibility index (Phi) is 6.91. The maximum atomic E-state index is 13.6. The van der Waals surface area contributed by atoms with Crippen molar-refractivity contribution in [3.8, 4) is 5.75 Å². The van der Waals surface area contributed by atoms with Gasteiger partial charge in [-0.2, -0.15) is 0 Å². The quantitative estimate of drug-likeness (QED) is 0.522. The standard InChI is InChI=1S/C27H28ClN3O3/c1-17-7-5-6-8-20(17)26(32)29-18-9-11-21(23(28)15-18)27(33)31-14-13-24(30(2)3)22-12-10-19(34-4)16-25(22)31/h5-12,15-16,24H,13-14H2,1-4H3,(H,29,32). The van der Waals surface area contributed by atoms with Gasteiger partial charge in [-0.15, -0.1) is 0 Å². The first-order chi connectivity index (χ1) is 16.3. The Morgan fingerprint density at radius 1 is 1.06 bits per heavy atom. The predicted molar refractivity (Wildman–Crippen MR) is 136 cm³/mol. The van der Waals surface area contributed by atoms with Crippen molar-refractivity contribution in [3.05, 3.63) is 87.9 Å². The molecule has 4 rings (SSSR count). The Bertz CT molecular complexity index is 1240. The molecule has 34 heavy (non-hydrogen) atoms. The summed E-state index contributed by atoms with van der Waals surface area (Å²) in [5.74, 6) is 0.282. The number of nitrogens with zero attached hydrogens (tertiary/aromatic N) is 2. The Hall–Kier alpha value is -3.35. The van der Waals surface area contributed by atoms with Crippen LogP contribution in [0.2, 0.25) is 5.02 Å². The number of fused-ring (bicyclic) bond motifs is 1. The number of aryl methyl sites for hydroxylation is 1. The normalized spacial score (nSPS) is 15.1. The van der Waals surface area contributed by atoms with Crippen LogP contribution in [0.5, 0.6) is 5.75 Å². The van der Waals surface area contributed by atoms with E-state index in [4.69, 9.17) is 16.3 Å². The molecule has 176 valence electrons. The van der Waals surface area contributed by atoms with Gasteiger partial charge in [0.1, 0.15) is 5.75 Å². The highest BCUT2D eigenvalue weighted by Gasteiger charge is 2.31. The van der Waals surface area contributed by atoms with Crippen LogP contribution in [0.15, 0.2) is 60.7 Å². The number of rotatable bonds is 5. The highest BCUT2D eigenvalue weighted by molar-refractivity contribution is 6.35. The lowest BCUT2D eigenvalue weighted by Gasteiger charge is -2.37. The van der Waals surface area contributed by atoms with Crippen molar-refractivity contribution in [1.29, 1.82) is 0 Å². The van der Waals surface area contributed by atoms with Crippen molar-refractivity contribution in [2.24, 2.45) is 0 Å². The summed E-state index contributed by atoms with van der Waals surface area (Å²) in [6.07, 6.45) is 0.806. The van der Waals surface area contributed by atoms with Crippen LogP contribution in [-0.4, -0.2) is 44.5 Å². The fraction of sp³-hybridized carbons (Fsp3) is 0.259. The van der Waals surface area contributed by atoms with E-state index in [2.05, 4.69) is 10.2 Å². The highest BCUT2D eigenvalue weighted by atomic mass is 35.5. The molecule has 0 spiro atoms. The third-order valence-electron chi connectivity index (χ3n) is 6.23. The number of nitrogens with one attached hydrogen (secondary N) is 1. The first-order valence-electron chi connectivity index (χ1n) is 11.1. The summed E-state index contributed by atoms with van der Waals surface area (Å²) < 4.78 is 5.41. The van der Waals surface area contributed by atoms with Crippen molar-refractivity contribution >= 4 is 34.8 Å². The molecule has 1 atom stereocenters. The molecule has 0 saturated heterocycles. The van der Waals surface area contributed by atoms with Gasteiger partial charge < -0.3 is 19.9 Å². The van der Waals surface area contributed by atoms with Gasteiger partial charge in [0.05, 0.1) is 23.4 Å². The Morgan fingerprint density at radius 3 is 2.50 bits per heavy atom. The summed E-state index contributed by atoms with van der Waals surface area (Å²) in [7, 11) is 5.69. The van der Waals surface area contributed by atoms with Gasteiger partial charge in [-0.3, -0.25) is 9.59 Å². The molecule has 0 radical (unpaired) electrons. The average molecular weight is 478 g/mol. The molecule has 0 aromatic heterocycles. The van der Waals surface area contributed by atoms with Crippen LogP contribution in [0.1, 0.15) is 44.3 Å². The van der Waals surface area contributed by atoms with Gasteiger partial charge in [0, 0.05) is 29.9 Å². The summed E-state index contributed by atoms with van der Waals surface area (Å²) in [4.78, 5) is 30.1. The van der Waals surface area contributed by atoms with Crippen LogP contribution in [0.3, 0.4) is 0 Å². The number of benzene rings is 3. The number of methoxy groups -OCH3 is 1. The molecule has 1 unspecified atom stereocenters. The zero-order valence-corrected chi connectivity index (χ0v) is 20.5. The molecule has 1 aliphatic rings. The van der Waals surface area contributed by atoms with E-state index in [1.165, 1.54) is 0 Å². The van der Waals surface area contributed by atoms with Gasteiger partial charge >= 0.3 is 0 Å². The Balaban J connectivity index is 1.60. The van der Waals surface area contributed by atoms with Crippen LogP contribution in [0.25, 0.3) is 0 Å². The monoisotopic (exact) mass is 477 g/mol. The van der Waals surface area contributed by atoms with Crippen molar-refractivity contribution < 1.29 is 14.3 Å². The molecule has 7 heteroatoms. The van der Waals surface area contributed by atoms with E-state index in [0.717, 1.165) is 23.2 Å². The molecular weight excluding hydrogens is 450 g/mol. The second-order valence-electron chi connectivity index (χ2n) is 8.61. The van der Waals surface area contributed by atoms with Gasteiger partial charge in [-0.05, 0) is 68.9 Å². The second kappa shape index (κ2) is 9.87. The van der Waals surface area contributed by atoms with E-state index in [1.54, 1.807) is 36.3 Å². The van der Waals surface area contributed by atoms with Gasteiger partial charge in [-0.1, -0.05) is 35.9 Å². The Morgan fingerprint density at radius 2 is 1.82 bits per heavy atom. The largest absolute Gasteiger partial charge is 0.497 e. The van der Waals surface area contributed by atoms with E-state index in [9.17, 15) is 9.59 Å². The first kappa shape index (κ1) is 23.8. The van der Waals surface area contributed by atoms with Crippen LogP contribution in [0, 0.1) is 6.92 Å². The van der Waals surface area contributed by atoms with Crippen molar-refractivity contribution in [2.45, 2.75) is 19.4 Å². The smallest absolute Gasteiger partial charge is 0.259 e. The molecule has 1 aliphatic heterocycles. The van der Waals surface area contributed by atoms with E-state index < -0.39 is 0 Å². The Labute approximate surface area is 205 Å². The minimum atomic E-state index is -0.222. The second-order valence-corrected chi connectivity index (χ2v) is 9.02. The summed E-state index contributed by atoms with van der Waals surface area (Å²) in [6, 6.07) is 18.4. The highest BCUT2D eigenvalue weighted by Crippen LogP contribution is 2.39. The summed E-state index contributed by atoms with van der Waals surface area (Å²) in [6.45, 7) is 2.44. The number of amides is 2. The molecule has 0 bridgehead atoms. The van der Waals surface area contributed by atoms with E-state index >= 15 is 0 Å². The molecule has 0 aliphatic carbocycles. The first-order valence-corrected chi connectivity index (χ1v) is 11.5. The fourth-order valence-electron chi connectivity index (χ4n) is 4.38. The van der Waals surface area contributed by atoms with Crippen molar-refractivity contribution in [2.75, 3.05) is 38.0 Å². The molecule has 1 N–H and O–H groups in total. The van der Waals surface area contributed by atoms with Crippen molar-refractivity contribution in [3.63, 3.8) is 0 Å². The SMILES string of the molecule is COc1ccc2c(c1)N(C(=O)c1ccc(NC(=O)c3ccccc3C)cc1Cl)CCC2N(C)C. The third kappa shape index (κ3) is 4.65. The predicted octanol–water partition coefficient (Wildman–Crippen LogP) is 5.56. The molecule has 2 amide bonds. The summed E-state index contributed by atoms with van der Waals surface area (Å²) in [5.41, 5.74) is 4.28. The minimum Gasteiger partial charge on any atom is -0.497 e. The summed E-state index contributed by atoms with van der Waals surface area (Å²) >= 11 is 6.54. The van der Waals surface area contributed by atoms with Gasteiger partial charge in [-0.25, -0.2) is 0 Å². The van der Waals surface area contributed by atoms with Crippen LogP contribution < -0.4 is 15.0 Å². The fourth-order valence-corrected chi connectivity index (χ4v) is 4.64. The maximum absolute atomic E-state index is 13.6. The van der Waals surface area contributed by atoms with Gasteiger partial charge in [0.15, 0.2) is 0 Å². The lowest BCUT2D eigenvalue weighted by atomic mass is 9.94. The number of anilines is 2. The van der Waals surface area contributed by atoms with Crippen LogP contribution in [-0.2, 0) is 0 Å². The zero-order valence-electron chi connectivity index (χ0n) is 19.8.